The predicted molar refractivity (Wildman–Crippen MR) is 135 cm³/mol. The Morgan fingerprint density at radius 1 is 1.24 bits per heavy atom. The number of pyridine rings is 1. The summed E-state index contributed by atoms with van der Waals surface area (Å²) in [7, 11) is 0. The molecule has 0 spiro atoms. The first-order valence-corrected chi connectivity index (χ1v) is 12.5. The number of benzene rings is 1. The van der Waals surface area contributed by atoms with E-state index in [1.165, 1.54) is 0 Å². The molecule has 0 saturated carbocycles. The summed E-state index contributed by atoms with van der Waals surface area (Å²) in [5, 5.41) is 1.83. The molecule has 0 radical (unpaired) electrons. The summed E-state index contributed by atoms with van der Waals surface area (Å²) in [5.41, 5.74) is 4.05. The van der Waals surface area contributed by atoms with Gasteiger partial charge in [-0.05, 0) is 50.8 Å². The van der Waals surface area contributed by atoms with Crippen LogP contribution in [0, 0.1) is 6.92 Å². The zero-order chi connectivity index (χ0) is 24.0. The van der Waals surface area contributed by atoms with Crippen LogP contribution >= 0.6 is 23.2 Å². The number of aromatic amines is 2. The van der Waals surface area contributed by atoms with E-state index in [-0.39, 0.29) is 24.1 Å². The zero-order valence-electron chi connectivity index (χ0n) is 19.3. The Labute approximate surface area is 208 Å². The number of ether oxygens (including phenoxy) is 1. The van der Waals surface area contributed by atoms with E-state index >= 15 is 0 Å². The summed E-state index contributed by atoms with van der Waals surface area (Å²) in [6, 6.07) is 4.07. The molecular formula is C25H28Cl2N4O3. The van der Waals surface area contributed by atoms with Gasteiger partial charge in [-0.2, -0.15) is 0 Å². The first-order valence-electron chi connectivity index (χ1n) is 11.7. The van der Waals surface area contributed by atoms with Gasteiger partial charge in [-0.15, -0.1) is 0 Å². The van der Waals surface area contributed by atoms with Crippen molar-refractivity contribution in [1.82, 2.24) is 14.9 Å². The van der Waals surface area contributed by atoms with Gasteiger partial charge in [0.25, 0.3) is 11.5 Å². The molecule has 2 N–H and O–H groups in total. The number of fused-ring (bicyclic) bond motifs is 2. The number of hydrogen-bond donors (Lipinski definition) is 2. The van der Waals surface area contributed by atoms with Gasteiger partial charge in [-0.25, -0.2) is 0 Å². The van der Waals surface area contributed by atoms with Crippen LogP contribution in [0.2, 0.25) is 10.0 Å². The summed E-state index contributed by atoms with van der Waals surface area (Å²) in [4.78, 5) is 36.5. The van der Waals surface area contributed by atoms with Crippen molar-refractivity contribution in [1.29, 1.82) is 0 Å². The summed E-state index contributed by atoms with van der Waals surface area (Å²) in [6.07, 6.45) is 4.20. The van der Waals surface area contributed by atoms with Crippen LogP contribution in [0.3, 0.4) is 0 Å². The molecule has 9 heteroatoms. The number of aryl methyl sites for hydroxylation is 1. The highest BCUT2D eigenvalue weighted by atomic mass is 35.5. The maximum Gasteiger partial charge on any atom is 0.256 e. The molecule has 0 unspecified atom stereocenters. The number of aromatic nitrogens is 2. The van der Waals surface area contributed by atoms with Gasteiger partial charge in [0.05, 0.1) is 28.3 Å². The number of H-pyrrole nitrogens is 2. The highest BCUT2D eigenvalue weighted by molar-refractivity contribution is 6.39. The fraction of sp³-hybridized carbons (Fsp3) is 0.440. The average Bonchev–Trinajstić information content (AvgIpc) is 3.32. The SMILES string of the molecule is CCN(c1cc(Cl)c2c(c1Cl)C(=O)N(Cc1c(=O)[nH]c(C)c3[nH]ccc13)CC2)C1CCOCC1. The standard InChI is InChI=1S/C25H28Cl2N4O3/c1-3-31(15-6-10-34-11-7-15)20-12-19(26)17-5-9-30(25(33)21(17)22(20)27)13-18-16-4-8-28-23(16)14(2)29-24(18)32/h4,8,12,15,28H,3,5-7,9-11,13H2,1-2H3,(H,29,32). The number of amides is 1. The van der Waals surface area contributed by atoms with Crippen molar-refractivity contribution in [2.75, 3.05) is 31.2 Å². The molecule has 0 atom stereocenters. The van der Waals surface area contributed by atoms with Gasteiger partial charge in [0, 0.05) is 60.2 Å². The van der Waals surface area contributed by atoms with E-state index in [4.69, 9.17) is 27.9 Å². The minimum atomic E-state index is -0.193. The molecular weight excluding hydrogens is 475 g/mol. The highest BCUT2D eigenvalue weighted by Gasteiger charge is 2.33. The largest absolute Gasteiger partial charge is 0.381 e. The third kappa shape index (κ3) is 3.89. The topological polar surface area (TPSA) is 81.4 Å². The number of hydrogen-bond acceptors (Lipinski definition) is 4. The Balaban J connectivity index is 1.52. The molecule has 2 aliphatic rings. The molecule has 34 heavy (non-hydrogen) atoms. The van der Waals surface area contributed by atoms with Crippen LogP contribution in [0.4, 0.5) is 5.69 Å². The number of nitrogens with one attached hydrogen (secondary N) is 2. The molecule has 1 aromatic carbocycles. The van der Waals surface area contributed by atoms with Crippen molar-refractivity contribution in [3.8, 4) is 0 Å². The average molecular weight is 503 g/mol. The van der Waals surface area contributed by atoms with Gasteiger partial charge in [-0.3, -0.25) is 9.59 Å². The molecule has 3 aromatic rings. The van der Waals surface area contributed by atoms with Crippen LogP contribution in [0.15, 0.2) is 23.1 Å². The lowest BCUT2D eigenvalue weighted by Crippen LogP contribution is -2.41. The lowest BCUT2D eigenvalue weighted by atomic mass is 9.96. The monoisotopic (exact) mass is 502 g/mol. The Morgan fingerprint density at radius 2 is 2.00 bits per heavy atom. The minimum absolute atomic E-state index is 0.183. The van der Waals surface area contributed by atoms with E-state index in [1.807, 2.05) is 19.1 Å². The smallest absolute Gasteiger partial charge is 0.256 e. The van der Waals surface area contributed by atoms with Crippen molar-refractivity contribution >= 4 is 45.7 Å². The fourth-order valence-electron chi connectivity index (χ4n) is 5.32. The summed E-state index contributed by atoms with van der Waals surface area (Å²) in [5.74, 6) is -0.193. The predicted octanol–water partition coefficient (Wildman–Crippen LogP) is 4.68. The second-order valence-corrected chi connectivity index (χ2v) is 9.76. The molecule has 2 aromatic heterocycles. The van der Waals surface area contributed by atoms with Crippen molar-refractivity contribution in [3.63, 3.8) is 0 Å². The normalized spacial score (nSPS) is 16.8. The molecule has 5 rings (SSSR count). The molecule has 1 fully saturated rings. The molecule has 0 aliphatic carbocycles. The summed E-state index contributed by atoms with van der Waals surface area (Å²) < 4.78 is 5.53. The Hall–Kier alpha value is -2.48. The summed E-state index contributed by atoms with van der Waals surface area (Å²) in [6.45, 7) is 6.79. The van der Waals surface area contributed by atoms with Crippen molar-refractivity contribution < 1.29 is 9.53 Å². The molecule has 1 amide bonds. The van der Waals surface area contributed by atoms with Crippen LogP contribution < -0.4 is 10.5 Å². The van der Waals surface area contributed by atoms with Gasteiger partial charge in [0.2, 0.25) is 0 Å². The highest BCUT2D eigenvalue weighted by Crippen LogP contribution is 2.41. The van der Waals surface area contributed by atoms with Crippen molar-refractivity contribution in [3.05, 3.63) is 61.1 Å². The second kappa shape index (κ2) is 9.29. The lowest BCUT2D eigenvalue weighted by molar-refractivity contribution is 0.0727. The zero-order valence-corrected chi connectivity index (χ0v) is 20.9. The third-order valence-electron chi connectivity index (χ3n) is 7.08. The maximum atomic E-state index is 13.7. The Kier molecular flexibility index (Phi) is 6.35. The summed E-state index contributed by atoms with van der Waals surface area (Å²) >= 11 is 13.6. The van der Waals surface area contributed by atoms with Gasteiger partial charge in [0.1, 0.15) is 0 Å². The fourth-order valence-corrected chi connectivity index (χ4v) is 5.97. The molecule has 0 bridgehead atoms. The Morgan fingerprint density at radius 3 is 2.74 bits per heavy atom. The number of anilines is 1. The van der Waals surface area contributed by atoms with Crippen LogP contribution in [-0.2, 0) is 17.7 Å². The quantitative estimate of drug-likeness (QED) is 0.530. The first kappa shape index (κ1) is 23.3. The van der Waals surface area contributed by atoms with E-state index in [0.717, 1.165) is 47.2 Å². The van der Waals surface area contributed by atoms with Gasteiger partial charge in [-0.1, -0.05) is 23.2 Å². The number of carbonyl (C=O) groups excluding carboxylic acids is 1. The number of nitrogens with zero attached hydrogens (tertiary/aromatic N) is 2. The van der Waals surface area contributed by atoms with Crippen molar-refractivity contribution in [2.24, 2.45) is 0 Å². The van der Waals surface area contributed by atoms with Gasteiger partial charge >= 0.3 is 0 Å². The van der Waals surface area contributed by atoms with Crippen molar-refractivity contribution in [2.45, 2.75) is 45.7 Å². The first-order chi connectivity index (χ1) is 16.4. The number of halogens is 2. The van der Waals surface area contributed by atoms with E-state index < -0.39 is 0 Å². The lowest BCUT2D eigenvalue weighted by Gasteiger charge is -2.37. The molecule has 4 heterocycles. The van der Waals surface area contributed by atoms with Crippen LogP contribution in [0.1, 0.15) is 46.9 Å². The van der Waals surface area contributed by atoms with Crippen LogP contribution in [0.25, 0.3) is 10.9 Å². The van der Waals surface area contributed by atoms with E-state index in [2.05, 4.69) is 21.8 Å². The maximum absolute atomic E-state index is 13.7. The number of carbonyl (C=O) groups is 1. The van der Waals surface area contributed by atoms with Crippen LogP contribution in [0.5, 0.6) is 0 Å². The minimum Gasteiger partial charge on any atom is -0.381 e. The molecule has 180 valence electrons. The van der Waals surface area contributed by atoms with E-state index in [9.17, 15) is 9.59 Å². The molecule has 2 aliphatic heterocycles. The molecule has 7 nitrogen and oxygen atoms in total. The van der Waals surface area contributed by atoms with E-state index in [1.54, 1.807) is 11.1 Å². The number of rotatable bonds is 5. The van der Waals surface area contributed by atoms with Gasteiger partial charge < -0.3 is 24.5 Å². The van der Waals surface area contributed by atoms with Crippen LogP contribution in [-0.4, -0.2) is 53.1 Å². The molecule has 1 saturated heterocycles. The third-order valence-corrected chi connectivity index (χ3v) is 7.80. The van der Waals surface area contributed by atoms with Gasteiger partial charge in [0.15, 0.2) is 0 Å². The second-order valence-electron chi connectivity index (χ2n) is 8.98. The Bertz CT molecular complexity index is 1310. The van der Waals surface area contributed by atoms with E-state index in [0.29, 0.717) is 47.4 Å².